The van der Waals surface area contributed by atoms with Crippen LogP contribution in [0.4, 0.5) is 0 Å². The van der Waals surface area contributed by atoms with Crippen molar-refractivity contribution in [3.63, 3.8) is 0 Å². The first-order chi connectivity index (χ1) is 11.9. The van der Waals surface area contributed by atoms with Crippen molar-refractivity contribution < 1.29 is 8.42 Å². The minimum absolute atomic E-state index is 0. The zero-order chi connectivity index (χ0) is 18.3. The molecule has 2 N–H and O–H groups in total. The van der Waals surface area contributed by atoms with Crippen LogP contribution in [0.5, 0.6) is 0 Å². The lowest BCUT2D eigenvalue weighted by molar-refractivity contribution is 0.245. The van der Waals surface area contributed by atoms with E-state index in [1.807, 2.05) is 0 Å². The van der Waals surface area contributed by atoms with Gasteiger partial charge in [-0.1, -0.05) is 26.7 Å². The molecule has 26 heavy (non-hydrogen) atoms. The van der Waals surface area contributed by atoms with Gasteiger partial charge in [0.25, 0.3) is 0 Å². The van der Waals surface area contributed by atoms with Crippen molar-refractivity contribution >= 4 is 40.0 Å². The van der Waals surface area contributed by atoms with Crippen LogP contribution in [-0.4, -0.2) is 57.2 Å². The van der Waals surface area contributed by atoms with Gasteiger partial charge in [-0.25, -0.2) is 12.7 Å². The van der Waals surface area contributed by atoms with E-state index in [0.29, 0.717) is 36.7 Å². The summed E-state index contributed by atoms with van der Waals surface area (Å²) in [4.78, 5) is 4.85. The molecule has 0 amide bonds. The maximum Gasteiger partial charge on any atom is 0.214 e. The first kappa shape index (κ1) is 23.9. The highest BCUT2D eigenvalue weighted by atomic mass is 127. The molecule has 1 saturated carbocycles. The van der Waals surface area contributed by atoms with E-state index in [1.165, 1.54) is 32.1 Å². The molecule has 2 aliphatic rings. The molecule has 0 radical (unpaired) electrons. The maximum atomic E-state index is 11.9. The summed E-state index contributed by atoms with van der Waals surface area (Å²) in [5.41, 5.74) is 0.356. The van der Waals surface area contributed by atoms with Crippen molar-refractivity contribution in [1.82, 2.24) is 14.9 Å². The second-order valence-electron chi connectivity index (χ2n) is 8.00. The number of aliphatic imine (C=N–C) groups is 1. The van der Waals surface area contributed by atoms with Gasteiger partial charge >= 0.3 is 0 Å². The zero-order valence-corrected chi connectivity index (χ0v) is 19.7. The van der Waals surface area contributed by atoms with E-state index in [1.54, 1.807) is 4.31 Å². The molecule has 2 rings (SSSR count). The summed E-state index contributed by atoms with van der Waals surface area (Å²) < 4.78 is 25.3. The first-order valence-corrected chi connectivity index (χ1v) is 11.5. The molecular formula is C18H37IN4O2S. The van der Waals surface area contributed by atoms with E-state index in [9.17, 15) is 8.42 Å². The van der Waals surface area contributed by atoms with E-state index in [-0.39, 0.29) is 24.0 Å². The SMILES string of the molecule is CCNC(=NCC1(CC(C)C)CCCC1)NCCN1CCCS1(=O)=O.I. The van der Waals surface area contributed by atoms with Crippen LogP contribution in [0.3, 0.4) is 0 Å². The van der Waals surface area contributed by atoms with E-state index < -0.39 is 10.0 Å². The quantitative estimate of drug-likeness (QED) is 0.306. The van der Waals surface area contributed by atoms with Gasteiger partial charge < -0.3 is 10.6 Å². The Morgan fingerprint density at radius 1 is 1.19 bits per heavy atom. The zero-order valence-electron chi connectivity index (χ0n) is 16.6. The second-order valence-corrected chi connectivity index (χ2v) is 10.1. The van der Waals surface area contributed by atoms with Crippen LogP contribution in [0.1, 0.15) is 59.3 Å². The number of hydrogen-bond acceptors (Lipinski definition) is 3. The number of guanidine groups is 1. The fourth-order valence-electron chi connectivity index (χ4n) is 4.25. The lowest BCUT2D eigenvalue weighted by Gasteiger charge is -2.29. The number of hydrogen-bond donors (Lipinski definition) is 2. The Morgan fingerprint density at radius 2 is 1.88 bits per heavy atom. The molecule has 1 saturated heterocycles. The normalized spacial score (nSPS) is 22.4. The smallest absolute Gasteiger partial charge is 0.214 e. The Hall–Kier alpha value is -0.0900. The van der Waals surface area contributed by atoms with Gasteiger partial charge in [-0.3, -0.25) is 4.99 Å². The van der Waals surface area contributed by atoms with Gasteiger partial charge in [-0.05, 0) is 43.9 Å². The third-order valence-electron chi connectivity index (χ3n) is 5.28. The first-order valence-electron chi connectivity index (χ1n) is 9.87. The molecule has 0 spiro atoms. The molecule has 1 aliphatic heterocycles. The van der Waals surface area contributed by atoms with Gasteiger partial charge in [0.15, 0.2) is 5.96 Å². The van der Waals surface area contributed by atoms with Gasteiger partial charge in [0.1, 0.15) is 0 Å². The summed E-state index contributed by atoms with van der Waals surface area (Å²) in [5.74, 6) is 1.80. The molecular weight excluding hydrogens is 463 g/mol. The van der Waals surface area contributed by atoms with Crippen LogP contribution in [-0.2, 0) is 10.0 Å². The Kier molecular flexibility index (Phi) is 10.2. The largest absolute Gasteiger partial charge is 0.357 e. The molecule has 6 nitrogen and oxygen atoms in total. The maximum absolute atomic E-state index is 11.9. The van der Waals surface area contributed by atoms with Crippen molar-refractivity contribution in [3.8, 4) is 0 Å². The summed E-state index contributed by atoms with van der Waals surface area (Å²) in [6.07, 6.45) is 7.18. The molecule has 1 aliphatic carbocycles. The minimum Gasteiger partial charge on any atom is -0.357 e. The molecule has 154 valence electrons. The highest BCUT2D eigenvalue weighted by molar-refractivity contribution is 14.0. The van der Waals surface area contributed by atoms with Crippen LogP contribution >= 0.6 is 24.0 Å². The molecule has 1 heterocycles. The molecule has 8 heteroatoms. The number of nitrogens with one attached hydrogen (secondary N) is 2. The van der Waals surface area contributed by atoms with Crippen molar-refractivity contribution in [2.75, 3.05) is 38.5 Å². The highest BCUT2D eigenvalue weighted by Crippen LogP contribution is 2.43. The molecule has 0 aromatic rings. The van der Waals surface area contributed by atoms with E-state index >= 15 is 0 Å². The Morgan fingerprint density at radius 3 is 2.42 bits per heavy atom. The summed E-state index contributed by atoms with van der Waals surface area (Å²) in [6.45, 7) is 10.1. The predicted molar refractivity (Wildman–Crippen MR) is 120 cm³/mol. The Labute approximate surface area is 177 Å². The molecule has 0 bridgehead atoms. The van der Waals surface area contributed by atoms with Gasteiger partial charge in [-0.2, -0.15) is 0 Å². The average molecular weight is 500 g/mol. The third kappa shape index (κ3) is 7.14. The van der Waals surface area contributed by atoms with E-state index in [4.69, 9.17) is 4.99 Å². The van der Waals surface area contributed by atoms with Crippen molar-refractivity contribution in [2.24, 2.45) is 16.3 Å². The molecule has 0 aromatic carbocycles. The van der Waals surface area contributed by atoms with Crippen molar-refractivity contribution in [1.29, 1.82) is 0 Å². The monoisotopic (exact) mass is 500 g/mol. The van der Waals surface area contributed by atoms with Gasteiger partial charge in [0.2, 0.25) is 10.0 Å². The molecule has 2 fully saturated rings. The lowest BCUT2D eigenvalue weighted by atomic mass is 9.78. The fraction of sp³-hybridized carbons (Fsp3) is 0.944. The number of halogens is 1. The number of nitrogens with zero attached hydrogens (tertiary/aromatic N) is 2. The molecule has 0 aromatic heterocycles. The summed E-state index contributed by atoms with van der Waals surface area (Å²) in [5, 5.41) is 6.61. The highest BCUT2D eigenvalue weighted by Gasteiger charge is 2.34. The van der Waals surface area contributed by atoms with E-state index in [2.05, 4.69) is 31.4 Å². The topological polar surface area (TPSA) is 73.8 Å². The minimum atomic E-state index is -3.01. The number of sulfonamides is 1. The third-order valence-corrected chi connectivity index (χ3v) is 7.24. The van der Waals surface area contributed by atoms with Crippen LogP contribution in [0.25, 0.3) is 0 Å². The van der Waals surface area contributed by atoms with E-state index in [0.717, 1.165) is 25.5 Å². The Balaban J connectivity index is 0.00000338. The van der Waals surface area contributed by atoms with Crippen LogP contribution < -0.4 is 10.6 Å². The van der Waals surface area contributed by atoms with Gasteiger partial charge in [0, 0.05) is 32.7 Å². The Bertz CT molecular complexity index is 545. The number of rotatable bonds is 8. The summed E-state index contributed by atoms with van der Waals surface area (Å²) >= 11 is 0. The van der Waals surface area contributed by atoms with Crippen LogP contribution in [0.2, 0.25) is 0 Å². The standard InChI is InChI=1S/C18H36N4O2S.HI/c1-4-19-17(20-10-12-22-11-7-13-25(22,23)24)21-15-18(14-16(2)3)8-5-6-9-18;/h16H,4-15H2,1-3H3,(H2,19,20,21);1H. The fourth-order valence-corrected chi connectivity index (χ4v) is 5.78. The average Bonchev–Trinajstić information content (AvgIpc) is 3.11. The summed E-state index contributed by atoms with van der Waals surface area (Å²) in [6, 6.07) is 0. The molecule has 0 unspecified atom stereocenters. The molecule has 0 atom stereocenters. The van der Waals surface area contributed by atoms with Gasteiger partial charge in [-0.15, -0.1) is 24.0 Å². The van der Waals surface area contributed by atoms with Crippen LogP contribution in [0, 0.1) is 11.3 Å². The van der Waals surface area contributed by atoms with Gasteiger partial charge in [0.05, 0.1) is 5.75 Å². The summed E-state index contributed by atoms with van der Waals surface area (Å²) in [7, 11) is -3.01. The lowest BCUT2D eigenvalue weighted by Crippen LogP contribution is -2.42. The van der Waals surface area contributed by atoms with Crippen molar-refractivity contribution in [3.05, 3.63) is 0 Å². The predicted octanol–water partition coefficient (Wildman–Crippen LogP) is 2.80. The second kappa shape index (κ2) is 11.0. The van der Waals surface area contributed by atoms with Crippen molar-refractivity contribution in [2.45, 2.75) is 59.3 Å². The van der Waals surface area contributed by atoms with Crippen LogP contribution in [0.15, 0.2) is 4.99 Å².